The van der Waals surface area contributed by atoms with Gasteiger partial charge in [-0.2, -0.15) is 0 Å². The summed E-state index contributed by atoms with van der Waals surface area (Å²) < 4.78 is 5.93. The van der Waals surface area contributed by atoms with Crippen molar-refractivity contribution in [2.75, 3.05) is 12.3 Å². The van der Waals surface area contributed by atoms with Gasteiger partial charge in [-0.15, -0.1) is 13.2 Å². The number of hydrogen-bond acceptors (Lipinski definition) is 4. The van der Waals surface area contributed by atoms with Gasteiger partial charge in [0.15, 0.2) is 5.78 Å². The van der Waals surface area contributed by atoms with Gasteiger partial charge in [0.2, 0.25) is 0 Å². The van der Waals surface area contributed by atoms with Crippen LogP contribution in [0.1, 0.15) is 40.4 Å². The predicted molar refractivity (Wildman–Crippen MR) is 116 cm³/mol. The summed E-state index contributed by atoms with van der Waals surface area (Å²) in [7, 11) is 0. The molecular formula is C24H27NO3. The highest BCUT2D eigenvalue weighted by atomic mass is 16.5. The standard InChI is InChI=1S/C24H27NO3/c1-4-7-18-16-19(11-14-22(26)17-9-12-20(25)13-10-17)24(28-15-6-3)21(8-5-2)23(18)27/h4-5,9-14,16,27H,1-2,6-8,15,25H2,3H3/b14-11+. The highest BCUT2D eigenvalue weighted by molar-refractivity contribution is 6.07. The van der Waals surface area contributed by atoms with Crippen molar-refractivity contribution in [2.45, 2.75) is 26.2 Å². The van der Waals surface area contributed by atoms with Crippen LogP contribution in [0.4, 0.5) is 5.69 Å². The fraction of sp³-hybridized carbons (Fsp3) is 0.208. The van der Waals surface area contributed by atoms with E-state index in [1.165, 1.54) is 6.08 Å². The Labute approximate surface area is 166 Å². The van der Waals surface area contributed by atoms with Crippen LogP contribution >= 0.6 is 0 Å². The van der Waals surface area contributed by atoms with E-state index in [0.29, 0.717) is 42.0 Å². The average Bonchev–Trinajstić information content (AvgIpc) is 2.69. The Morgan fingerprint density at radius 2 is 1.86 bits per heavy atom. The van der Waals surface area contributed by atoms with Crippen LogP contribution in [0.2, 0.25) is 0 Å². The minimum absolute atomic E-state index is 0.134. The second kappa shape index (κ2) is 10.2. The summed E-state index contributed by atoms with van der Waals surface area (Å²) in [4.78, 5) is 12.5. The number of carbonyl (C=O) groups is 1. The van der Waals surface area contributed by atoms with Gasteiger partial charge >= 0.3 is 0 Å². The molecule has 4 heteroatoms. The van der Waals surface area contributed by atoms with E-state index < -0.39 is 0 Å². The fourth-order valence-corrected chi connectivity index (χ4v) is 2.85. The second-order valence-corrected chi connectivity index (χ2v) is 6.43. The number of anilines is 1. The number of nitrogens with two attached hydrogens (primary N) is 1. The number of benzene rings is 2. The molecule has 0 aliphatic rings. The molecule has 2 aromatic carbocycles. The van der Waals surface area contributed by atoms with Crippen molar-refractivity contribution >= 4 is 17.5 Å². The smallest absolute Gasteiger partial charge is 0.185 e. The lowest BCUT2D eigenvalue weighted by Crippen LogP contribution is -2.03. The molecule has 0 aliphatic carbocycles. The number of aromatic hydroxyl groups is 1. The molecule has 0 fully saturated rings. The van der Waals surface area contributed by atoms with Gasteiger partial charge in [-0.05, 0) is 67.3 Å². The van der Waals surface area contributed by atoms with Crippen LogP contribution in [-0.4, -0.2) is 17.5 Å². The molecule has 0 aliphatic heterocycles. The summed E-state index contributed by atoms with van der Waals surface area (Å²) in [6.45, 7) is 10.1. The van der Waals surface area contributed by atoms with Gasteiger partial charge in [-0.1, -0.05) is 19.1 Å². The lowest BCUT2D eigenvalue weighted by atomic mass is 9.97. The Hall–Kier alpha value is -3.27. The lowest BCUT2D eigenvalue weighted by Gasteiger charge is -2.17. The first-order chi connectivity index (χ1) is 13.5. The molecule has 0 saturated heterocycles. The van der Waals surface area contributed by atoms with Crippen LogP contribution in [0.3, 0.4) is 0 Å². The van der Waals surface area contributed by atoms with Gasteiger partial charge in [0.1, 0.15) is 11.5 Å². The van der Waals surface area contributed by atoms with Crippen LogP contribution in [0, 0.1) is 0 Å². The molecule has 0 saturated carbocycles. The van der Waals surface area contributed by atoms with Crippen molar-refractivity contribution in [1.82, 2.24) is 0 Å². The van der Waals surface area contributed by atoms with Crippen molar-refractivity contribution in [3.8, 4) is 11.5 Å². The highest BCUT2D eigenvalue weighted by Crippen LogP contribution is 2.37. The number of hydrogen-bond donors (Lipinski definition) is 2. The maximum absolute atomic E-state index is 12.5. The zero-order chi connectivity index (χ0) is 20.5. The maximum atomic E-state index is 12.5. The number of phenolic OH excluding ortho intramolecular Hbond substituents is 1. The number of nitrogen functional groups attached to an aromatic ring is 1. The fourth-order valence-electron chi connectivity index (χ4n) is 2.85. The summed E-state index contributed by atoms with van der Waals surface area (Å²) in [5.41, 5.74) is 8.98. The van der Waals surface area contributed by atoms with E-state index in [-0.39, 0.29) is 11.5 Å². The summed E-state index contributed by atoms with van der Waals surface area (Å²) in [5.74, 6) is 0.631. The van der Waals surface area contributed by atoms with E-state index in [1.54, 1.807) is 42.5 Å². The average molecular weight is 377 g/mol. The molecule has 4 nitrogen and oxygen atoms in total. The van der Waals surface area contributed by atoms with Gasteiger partial charge in [0.25, 0.3) is 0 Å². The Bertz CT molecular complexity index is 880. The normalized spacial score (nSPS) is 10.8. The molecule has 3 N–H and O–H groups in total. The number of rotatable bonds is 10. The summed E-state index contributed by atoms with van der Waals surface area (Å²) >= 11 is 0. The van der Waals surface area contributed by atoms with Crippen LogP contribution in [0.25, 0.3) is 6.08 Å². The molecule has 0 bridgehead atoms. The van der Waals surface area contributed by atoms with Crippen LogP contribution < -0.4 is 10.5 Å². The van der Waals surface area contributed by atoms with E-state index in [2.05, 4.69) is 13.2 Å². The minimum Gasteiger partial charge on any atom is -0.507 e. The molecule has 0 unspecified atom stereocenters. The van der Waals surface area contributed by atoms with Gasteiger partial charge < -0.3 is 15.6 Å². The van der Waals surface area contributed by atoms with E-state index in [9.17, 15) is 9.90 Å². The minimum atomic E-state index is -0.134. The Balaban J connectivity index is 2.49. The van der Waals surface area contributed by atoms with E-state index in [0.717, 1.165) is 17.5 Å². The van der Waals surface area contributed by atoms with Crippen molar-refractivity contribution in [3.05, 3.63) is 84.0 Å². The van der Waals surface area contributed by atoms with Crippen LogP contribution in [0.5, 0.6) is 11.5 Å². The first kappa shape index (κ1) is 21.0. The van der Waals surface area contributed by atoms with E-state index in [4.69, 9.17) is 10.5 Å². The monoisotopic (exact) mass is 377 g/mol. The zero-order valence-electron chi connectivity index (χ0n) is 16.3. The summed E-state index contributed by atoms with van der Waals surface area (Å²) in [6, 6.07) is 8.62. The number of allylic oxidation sites excluding steroid dienone is 3. The van der Waals surface area contributed by atoms with Crippen LogP contribution in [0.15, 0.2) is 61.7 Å². The predicted octanol–water partition coefficient (Wildman–Crippen LogP) is 5.12. The molecular weight excluding hydrogens is 350 g/mol. The Morgan fingerprint density at radius 3 is 2.46 bits per heavy atom. The quantitative estimate of drug-likeness (QED) is 0.261. The summed E-state index contributed by atoms with van der Waals surface area (Å²) in [6.07, 6.45) is 8.48. The number of ether oxygens (including phenoxy) is 1. The lowest BCUT2D eigenvalue weighted by molar-refractivity contribution is 0.104. The van der Waals surface area contributed by atoms with Crippen LogP contribution in [-0.2, 0) is 12.8 Å². The molecule has 0 spiro atoms. The van der Waals surface area contributed by atoms with Crippen molar-refractivity contribution in [2.24, 2.45) is 0 Å². The third-order valence-corrected chi connectivity index (χ3v) is 4.23. The van der Waals surface area contributed by atoms with Gasteiger partial charge in [0.05, 0.1) is 6.61 Å². The highest BCUT2D eigenvalue weighted by Gasteiger charge is 2.17. The van der Waals surface area contributed by atoms with Crippen molar-refractivity contribution < 1.29 is 14.6 Å². The van der Waals surface area contributed by atoms with Gasteiger partial charge in [0, 0.05) is 22.4 Å². The largest absolute Gasteiger partial charge is 0.507 e. The molecule has 0 heterocycles. The molecule has 146 valence electrons. The third kappa shape index (κ3) is 5.13. The SMILES string of the molecule is C=CCc1cc(/C=C/C(=O)c2ccc(N)cc2)c(OCCC)c(CC=C)c1O. The first-order valence-electron chi connectivity index (χ1n) is 9.32. The Morgan fingerprint density at radius 1 is 1.18 bits per heavy atom. The molecule has 0 radical (unpaired) electrons. The number of ketones is 1. The Kier molecular flexibility index (Phi) is 7.64. The second-order valence-electron chi connectivity index (χ2n) is 6.43. The van der Waals surface area contributed by atoms with Gasteiger partial charge in [-0.25, -0.2) is 0 Å². The van der Waals surface area contributed by atoms with E-state index in [1.807, 2.05) is 13.0 Å². The maximum Gasteiger partial charge on any atom is 0.185 e. The number of carbonyl (C=O) groups excluding carboxylic acids is 1. The molecule has 2 rings (SSSR count). The van der Waals surface area contributed by atoms with Gasteiger partial charge in [-0.3, -0.25) is 4.79 Å². The van der Waals surface area contributed by atoms with Crippen molar-refractivity contribution in [3.63, 3.8) is 0 Å². The molecule has 2 aromatic rings. The number of phenols is 1. The first-order valence-corrected chi connectivity index (χ1v) is 9.32. The van der Waals surface area contributed by atoms with E-state index >= 15 is 0 Å². The zero-order valence-corrected chi connectivity index (χ0v) is 16.3. The van der Waals surface area contributed by atoms with Crippen molar-refractivity contribution in [1.29, 1.82) is 0 Å². The molecule has 0 aromatic heterocycles. The summed E-state index contributed by atoms with van der Waals surface area (Å²) in [5, 5.41) is 10.7. The molecule has 0 atom stereocenters. The topological polar surface area (TPSA) is 72.6 Å². The molecule has 28 heavy (non-hydrogen) atoms. The third-order valence-electron chi connectivity index (χ3n) is 4.23. The molecule has 0 amide bonds.